The summed E-state index contributed by atoms with van der Waals surface area (Å²) in [6.07, 6.45) is -11.1. The molecule has 2 aromatic carbocycles. The third kappa shape index (κ3) is 2.78. The molecule has 24 heavy (non-hydrogen) atoms. The first-order valence-corrected chi connectivity index (χ1v) is 7.32. The summed E-state index contributed by atoms with van der Waals surface area (Å²) in [5, 5.41) is 0. The number of halogens is 6. The van der Waals surface area contributed by atoms with Crippen molar-refractivity contribution in [3.8, 4) is 0 Å². The van der Waals surface area contributed by atoms with E-state index in [1.54, 1.807) is 13.8 Å². The Morgan fingerprint density at radius 3 is 1.58 bits per heavy atom. The Morgan fingerprint density at radius 1 is 0.667 bits per heavy atom. The summed E-state index contributed by atoms with van der Waals surface area (Å²) < 4.78 is 83.8. The summed E-state index contributed by atoms with van der Waals surface area (Å²) in [6.45, 7) is 3.14. The molecule has 0 heterocycles. The molecule has 0 nitrogen and oxygen atoms in total. The van der Waals surface area contributed by atoms with Gasteiger partial charge in [0.2, 0.25) is 5.41 Å². The average Bonchev–Trinajstić information content (AvgIpc) is 2.46. The van der Waals surface area contributed by atoms with Gasteiger partial charge in [0, 0.05) is 0 Å². The van der Waals surface area contributed by atoms with E-state index < -0.39 is 34.8 Å². The van der Waals surface area contributed by atoms with Crippen LogP contribution in [-0.2, 0) is 5.41 Å². The highest BCUT2D eigenvalue weighted by Gasteiger charge is 2.72. The van der Waals surface area contributed by atoms with Gasteiger partial charge in [0.15, 0.2) is 0 Å². The van der Waals surface area contributed by atoms with Crippen LogP contribution in [0.4, 0.5) is 26.3 Å². The van der Waals surface area contributed by atoms with Crippen LogP contribution in [0, 0.1) is 0 Å². The van der Waals surface area contributed by atoms with Crippen molar-refractivity contribution >= 4 is 0 Å². The Kier molecular flexibility index (Phi) is 4.70. The van der Waals surface area contributed by atoms with Crippen molar-refractivity contribution < 1.29 is 26.3 Å². The van der Waals surface area contributed by atoms with Crippen molar-refractivity contribution in [2.45, 2.75) is 37.5 Å². The molecule has 0 bridgehead atoms. The molecule has 0 atom stereocenters. The maximum absolute atomic E-state index is 14.0. The zero-order chi connectivity index (χ0) is 18.2. The molecule has 0 aromatic heterocycles. The van der Waals surface area contributed by atoms with E-state index in [2.05, 4.69) is 0 Å². The van der Waals surface area contributed by atoms with E-state index in [1.807, 2.05) is 0 Å². The summed E-state index contributed by atoms with van der Waals surface area (Å²) >= 11 is 0. The highest BCUT2D eigenvalue weighted by atomic mass is 19.4. The van der Waals surface area contributed by atoms with Gasteiger partial charge in [0.05, 0.1) is 0 Å². The van der Waals surface area contributed by atoms with Crippen LogP contribution in [0.3, 0.4) is 0 Å². The smallest absolute Gasteiger partial charge is 0.169 e. The minimum absolute atomic E-state index is 0.0241. The lowest BCUT2D eigenvalue weighted by atomic mass is 9.70. The van der Waals surface area contributed by atoms with Crippen molar-refractivity contribution in [3.05, 3.63) is 71.3 Å². The Labute approximate surface area is 136 Å². The molecule has 0 amide bonds. The third-order valence-electron chi connectivity index (χ3n) is 4.04. The highest BCUT2D eigenvalue weighted by molar-refractivity contribution is 5.48. The molecule has 0 radical (unpaired) electrons. The standard InChI is InChI=1S/C18H16F6/c1-12(2)14-10-6-7-11-15(14)16(17(19,20)21,18(22,23)24)13-8-4-3-5-9-13/h3-12H,1-2H3. The zero-order valence-corrected chi connectivity index (χ0v) is 13.0. The van der Waals surface area contributed by atoms with Crippen molar-refractivity contribution in [2.75, 3.05) is 0 Å². The summed E-state index contributed by atoms with van der Waals surface area (Å²) in [4.78, 5) is 0. The first-order valence-electron chi connectivity index (χ1n) is 7.32. The van der Waals surface area contributed by atoms with E-state index in [4.69, 9.17) is 0 Å². The van der Waals surface area contributed by atoms with Gasteiger partial charge in [-0.15, -0.1) is 0 Å². The Bertz CT molecular complexity index is 669. The van der Waals surface area contributed by atoms with Crippen molar-refractivity contribution in [3.63, 3.8) is 0 Å². The van der Waals surface area contributed by atoms with Gasteiger partial charge in [0.25, 0.3) is 0 Å². The van der Waals surface area contributed by atoms with Gasteiger partial charge in [0.1, 0.15) is 0 Å². The lowest BCUT2D eigenvalue weighted by Gasteiger charge is -2.40. The minimum Gasteiger partial charge on any atom is -0.169 e. The molecule has 0 saturated heterocycles. The first-order chi connectivity index (χ1) is 11.0. The molecule has 0 unspecified atom stereocenters. The predicted molar refractivity (Wildman–Crippen MR) is 79.9 cm³/mol. The Balaban J connectivity index is 2.98. The number of rotatable bonds is 3. The van der Waals surface area contributed by atoms with Gasteiger partial charge >= 0.3 is 12.4 Å². The summed E-state index contributed by atoms with van der Waals surface area (Å²) in [5.74, 6) is -0.492. The molecular weight excluding hydrogens is 330 g/mol. The molecule has 0 aliphatic rings. The van der Waals surface area contributed by atoms with Crippen LogP contribution in [0.25, 0.3) is 0 Å². The van der Waals surface area contributed by atoms with Crippen LogP contribution >= 0.6 is 0 Å². The lowest BCUT2D eigenvalue weighted by Crippen LogP contribution is -2.55. The van der Waals surface area contributed by atoms with Crippen molar-refractivity contribution in [1.82, 2.24) is 0 Å². The lowest BCUT2D eigenvalue weighted by molar-refractivity contribution is -0.288. The first kappa shape index (κ1) is 18.4. The van der Waals surface area contributed by atoms with E-state index in [0.717, 1.165) is 18.2 Å². The molecule has 0 fully saturated rings. The number of hydrogen-bond donors (Lipinski definition) is 0. The fraction of sp³-hybridized carbons (Fsp3) is 0.333. The van der Waals surface area contributed by atoms with Gasteiger partial charge in [-0.1, -0.05) is 68.4 Å². The number of benzene rings is 2. The normalized spacial score (nSPS) is 13.4. The summed E-state index contributed by atoms with van der Waals surface area (Å²) in [6, 6.07) is 10.4. The van der Waals surface area contributed by atoms with Crippen LogP contribution in [0.2, 0.25) is 0 Å². The Morgan fingerprint density at radius 2 is 1.12 bits per heavy atom. The van der Waals surface area contributed by atoms with E-state index in [9.17, 15) is 26.3 Å². The van der Waals surface area contributed by atoms with E-state index >= 15 is 0 Å². The Hall–Kier alpha value is -1.98. The van der Waals surface area contributed by atoms with E-state index in [1.165, 1.54) is 36.4 Å². The van der Waals surface area contributed by atoms with Crippen molar-refractivity contribution in [1.29, 1.82) is 0 Å². The third-order valence-corrected chi connectivity index (χ3v) is 4.04. The van der Waals surface area contributed by atoms with Crippen LogP contribution in [0.15, 0.2) is 54.6 Å². The second-order valence-corrected chi connectivity index (χ2v) is 5.85. The van der Waals surface area contributed by atoms with Crippen LogP contribution in [-0.4, -0.2) is 12.4 Å². The second-order valence-electron chi connectivity index (χ2n) is 5.85. The molecule has 2 aromatic rings. The molecule has 0 spiro atoms. The second kappa shape index (κ2) is 6.15. The van der Waals surface area contributed by atoms with Gasteiger partial charge < -0.3 is 0 Å². The maximum atomic E-state index is 14.0. The monoisotopic (exact) mass is 346 g/mol. The average molecular weight is 346 g/mol. The SMILES string of the molecule is CC(C)c1ccccc1C(c1ccccc1)(C(F)(F)F)C(F)(F)F. The summed E-state index contributed by atoms with van der Waals surface area (Å²) in [5.41, 5.74) is -5.65. The molecule has 130 valence electrons. The predicted octanol–water partition coefficient (Wildman–Crippen LogP) is 6.22. The molecule has 0 aliphatic heterocycles. The summed E-state index contributed by atoms with van der Waals surface area (Å²) in [7, 11) is 0. The molecular formula is C18H16F6. The number of alkyl halides is 6. The van der Waals surface area contributed by atoms with Crippen LogP contribution in [0.5, 0.6) is 0 Å². The minimum atomic E-state index is -5.54. The van der Waals surface area contributed by atoms with Crippen LogP contribution in [0.1, 0.15) is 36.5 Å². The van der Waals surface area contributed by atoms with Crippen molar-refractivity contribution in [2.24, 2.45) is 0 Å². The van der Waals surface area contributed by atoms with Crippen LogP contribution < -0.4 is 0 Å². The topological polar surface area (TPSA) is 0 Å². The zero-order valence-electron chi connectivity index (χ0n) is 13.0. The van der Waals surface area contributed by atoms with Gasteiger partial charge in [-0.3, -0.25) is 0 Å². The van der Waals surface area contributed by atoms with E-state index in [0.29, 0.717) is 0 Å². The van der Waals surface area contributed by atoms with Gasteiger partial charge in [-0.05, 0) is 22.6 Å². The molecule has 0 saturated carbocycles. The largest absolute Gasteiger partial charge is 0.411 e. The maximum Gasteiger partial charge on any atom is 0.411 e. The molecule has 0 N–H and O–H groups in total. The fourth-order valence-electron chi connectivity index (χ4n) is 2.98. The quantitative estimate of drug-likeness (QED) is 0.579. The van der Waals surface area contributed by atoms with Gasteiger partial charge in [-0.2, -0.15) is 26.3 Å². The molecule has 0 aliphatic carbocycles. The molecule has 2 rings (SSSR count). The fourth-order valence-corrected chi connectivity index (χ4v) is 2.98. The number of hydrogen-bond acceptors (Lipinski definition) is 0. The van der Waals surface area contributed by atoms with E-state index in [-0.39, 0.29) is 5.56 Å². The highest BCUT2D eigenvalue weighted by Crippen LogP contribution is 2.57. The molecule has 6 heteroatoms. The van der Waals surface area contributed by atoms with Gasteiger partial charge in [-0.25, -0.2) is 0 Å².